The van der Waals surface area contributed by atoms with Crippen molar-refractivity contribution in [2.45, 2.75) is 33.7 Å². The molecule has 0 aromatic heterocycles. The van der Waals surface area contributed by atoms with Crippen molar-refractivity contribution < 1.29 is 9.90 Å². The molecule has 0 fully saturated rings. The van der Waals surface area contributed by atoms with Gasteiger partial charge in [0.05, 0.1) is 6.42 Å². The maximum Gasteiger partial charge on any atom is 0.305 e. The molecule has 0 aliphatic rings. The van der Waals surface area contributed by atoms with Gasteiger partial charge in [0.2, 0.25) is 0 Å². The molecule has 3 heteroatoms. The number of nitrogens with zero attached hydrogens (tertiary/aromatic N) is 1. The van der Waals surface area contributed by atoms with Gasteiger partial charge in [-0.1, -0.05) is 48.0 Å². The van der Waals surface area contributed by atoms with Crippen LogP contribution in [0.4, 0.5) is 5.69 Å². The highest BCUT2D eigenvalue weighted by Gasteiger charge is 2.14. The van der Waals surface area contributed by atoms with E-state index in [4.69, 9.17) is 5.11 Å². The summed E-state index contributed by atoms with van der Waals surface area (Å²) >= 11 is 0. The fraction of sp³-hybridized carbons (Fsp3) is 0.316. The first-order valence-electron chi connectivity index (χ1n) is 7.56. The van der Waals surface area contributed by atoms with Crippen molar-refractivity contribution in [3.63, 3.8) is 0 Å². The van der Waals surface area contributed by atoms with Gasteiger partial charge in [-0.2, -0.15) is 0 Å². The van der Waals surface area contributed by atoms with Crippen LogP contribution in [0.5, 0.6) is 0 Å². The summed E-state index contributed by atoms with van der Waals surface area (Å²) in [4.78, 5) is 13.2. The second-order valence-electron chi connectivity index (χ2n) is 5.80. The Balaban J connectivity index is 2.33. The largest absolute Gasteiger partial charge is 0.481 e. The van der Waals surface area contributed by atoms with Crippen LogP contribution in [0.1, 0.15) is 28.7 Å². The molecule has 0 unspecified atom stereocenters. The van der Waals surface area contributed by atoms with Crippen molar-refractivity contribution in [2.24, 2.45) is 0 Å². The number of hydrogen-bond acceptors (Lipinski definition) is 2. The average molecular weight is 297 g/mol. The summed E-state index contributed by atoms with van der Waals surface area (Å²) in [7, 11) is 0. The van der Waals surface area contributed by atoms with Gasteiger partial charge in [0.15, 0.2) is 0 Å². The van der Waals surface area contributed by atoms with Crippen LogP contribution in [-0.4, -0.2) is 17.6 Å². The van der Waals surface area contributed by atoms with Gasteiger partial charge in [-0.3, -0.25) is 4.79 Å². The lowest BCUT2D eigenvalue weighted by Crippen LogP contribution is -2.27. The number of anilines is 1. The minimum Gasteiger partial charge on any atom is -0.481 e. The van der Waals surface area contributed by atoms with E-state index in [1.165, 1.54) is 22.3 Å². The minimum absolute atomic E-state index is 0.138. The summed E-state index contributed by atoms with van der Waals surface area (Å²) in [6.45, 7) is 7.50. The third-order valence-electron chi connectivity index (χ3n) is 3.76. The lowest BCUT2D eigenvalue weighted by molar-refractivity contribution is -0.136. The van der Waals surface area contributed by atoms with Gasteiger partial charge in [0.1, 0.15) is 0 Å². The summed E-state index contributed by atoms with van der Waals surface area (Å²) in [5, 5.41) is 9.03. The van der Waals surface area contributed by atoms with Crippen LogP contribution in [-0.2, 0) is 11.3 Å². The standard InChI is InChI=1S/C19H23NO2/c1-14-11-15(2)19(16(3)12-14)20(10-9-18(21)22)13-17-7-5-4-6-8-17/h4-8,11-12H,9-10,13H2,1-3H3,(H,21,22). The molecular formula is C19H23NO2. The SMILES string of the molecule is Cc1cc(C)c(N(CCC(=O)O)Cc2ccccc2)c(C)c1. The Morgan fingerprint density at radius 1 is 1.05 bits per heavy atom. The molecule has 116 valence electrons. The third kappa shape index (κ3) is 4.10. The molecule has 2 aromatic carbocycles. The molecule has 3 nitrogen and oxygen atoms in total. The van der Waals surface area contributed by atoms with Crippen LogP contribution < -0.4 is 4.90 Å². The average Bonchev–Trinajstić information content (AvgIpc) is 2.44. The van der Waals surface area contributed by atoms with Crippen molar-refractivity contribution in [3.8, 4) is 0 Å². The normalized spacial score (nSPS) is 10.5. The molecule has 0 bridgehead atoms. The molecule has 2 aromatic rings. The summed E-state index contributed by atoms with van der Waals surface area (Å²) in [5.41, 5.74) is 5.96. The molecule has 22 heavy (non-hydrogen) atoms. The molecule has 0 heterocycles. The monoisotopic (exact) mass is 297 g/mol. The molecule has 1 N–H and O–H groups in total. The van der Waals surface area contributed by atoms with E-state index in [1.807, 2.05) is 18.2 Å². The Hall–Kier alpha value is -2.29. The molecule has 0 saturated carbocycles. The van der Waals surface area contributed by atoms with Crippen LogP contribution in [0.15, 0.2) is 42.5 Å². The number of aliphatic carboxylic acids is 1. The number of hydrogen-bond donors (Lipinski definition) is 1. The van der Waals surface area contributed by atoms with E-state index < -0.39 is 5.97 Å². The van der Waals surface area contributed by atoms with Crippen molar-refractivity contribution in [3.05, 3.63) is 64.7 Å². The molecule has 0 spiro atoms. The van der Waals surface area contributed by atoms with Crippen molar-refractivity contribution in [1.29, 1.82) is 0 Å². The highest BCUT2D eigenvalue weighted by Crippen LogP contribution is 2.28. The molecule has 0 amide bonds. The molecule has 0 saturated heterocycles. The summed E-state index contributed by atoms with van der Waals surface area (Å²) < 4.78 is 0. The quantitative estimate of drug-likeness (QED) is 0.873. The highest BCUT2D eigenvalue weighted by atomic mass is 16.4. The van der Waals surface area contributed by atoms with Crippen LogP contribution in [0.25, 0.3) is 0 Å². The fourth-order valence-electron chi connectivity index (χ4n) is 2.98. The number of carbonyl (C=O) groups is 1. The molecule has 2 rings (SSSR count). The zero-order valence-electron chi connectivity index (χ0n) is 13.5. The molecule has 0 aliphatic heterocycles. The topological polar surface area (TPSA) is 40.5 Å². The van der Waals surface area contributed by atoms with Gasteiger partial charge in [0.25, 0.3) is 0 Å². The molecule has 0 atom stereocenters. The van der Waals surface area contributed by atoms with Gasteiger partial charge >= 0.3 is 5.97 Å². The van der Waals surface area contributed by atoms with E-state index in [2.05, 4.69) is 49.9 Å². The van der Waals surface area contributed by atoms with E-state index in [9.17, 15) is 4.79 Å². The zero-order valence-corrected chi connectivity index (χ0v) is 13.5. The van der Waals surface area contributed by atoms with E-state index in [1.54, 1.807) is 0 Å². The smallest absolute Gasteiger partial charge is 0.305 e. The van der Waals surface area contributed by atoms with Crippen molar-refractivity contribution >= 4 is 11.7 Å². The van der Waals surface area contributed by atoms with Gasteiger partial charge in [-0.15, -0.1) is 0 Å². The third-order valence-corrected chi connectivity index (χ3v) is 3.76. The van der Waals surface area contributed by atoms with Crippen LogP contribution in [0, 0.1) is 20.8 Å². The van der Waals surface area contributed by atoms with E-state index in [-0.39, 0.29) is 6.42 Å². The van der Waals surface area contributed by atoms with Crippen molar-refractivity contribution in [1.82, 2.24) is 0 Å². The summed E-state index contributed by atoms with van der Waals surface area (Å²) in [6.07, 6.45) is 0.138. The first-order chi connectivity index (χ1) is 10.5. The number of carboxylic acids is 1. The van der Waals surface area contributed by atoms with Crippen LogP contribution in [0.2, 0.25) is 0 Å². The van der Waals surface area contributed by atoms with Crippen LogP contribution in [0.3, 0.4) is 0 Å². The van der Waals surface area contributed by atoms with E-state index in [0.29, 0.717) is 6.54 Å². The van der Waals surface area contributed by atoms with Gasteiger partial charge in [-0.25, -0.2) is 0 Å². The Labute approximate surface area is 132 Å². The number of benzene rings is 2. The predicted molar refractivity (Wildman–Crippen MR) is 90.4 cm³/mol. The Morgan fingerprint density at radius 2 is 1.64 bits per heavy atom. The number of rotatable bonds is 6. The van der Waals surface area contributed by atoms with Crippen molar-refractivity contribution in [2.75, 3.05) is 11.4 Å². The Kier molecular flexibility index (Phi) is 5.21. The Morgan fingerprint density at radius 3 is 2.18 bits per heavy atom. The lowest BCUT2D eigenvalue weighted by Gasteiger charge is -2.28. The maximum atomic E-state index is 11.0. The zero-order chi connectivity index (χ0) is 16.1. The van der Waals surface area contributed by atoms with Crippen LogP contribution >= 0.6 is 0 Å². The second-order valence-corrected chi connectivity index (χ2v) is 5.80. The molecule has 0 aliphatic carbocycles. The predicted octanol–water partition coefficient (Wildman–Crippen LogP) is 4.09. The minimum atomic E-state index is -0.763. The van der Waals surface area contributed by atoms with E-state index >= 15 is 0 Å². The second kappa shape index (κ2) is 7.12. The van der Waals surface area contributed by atoms with Gasteiger partial charge in [-0.05, 0) is 37.5 Å². The molecular weight excluding hydrogens is 274 g/mol. The van der Waals surface area contributed by atoms with Gasteiger partial charge < -0.3 is 10.0 Å². The Bertz CT molecular complexity index is 627. The van der Waals surface area contributed by atoms with Gasteiger partial charge in [0, 0.05) is 18.8 Å². The number of carboxylic acid groups (broad SMARTS) is 1. The summed E-state index contributed by atoms with van der Waals surface area (Å²) in [6, 6.07) is 14.5. The van der Waals surface area contributed by atoms with E-state index in [0.717, 1.165) is 12.2 Å². The summed E-state index contributed by atoms with van der Waals surface area (Å²) in [5.74, 6) is -0.763. The first kappa shape index (κ1) is 16.1. The number of aryl methyl sites for hydroxylation is 3. The molecule has 0 radical (unpaired) electrons. The fourth-order valence-corrected chi connectivity index (χ4v) is 2.98. The maximum absolute atomic E-state index is 11.0. The lowest BCUT2D eigenvalue weighted by atomic mass is 10.0. The first-order valence-corrected chi connectivity index (χ1v) is 7.56. The highest BCUT2D eigenvalue weighted by molar-refractivity contribution is 5.68.